The van der Waals surface area contributed by atoms with Gasteiger partial charge in [-0.1, -0.05) is 12.1 Å². The molecule has 138 valence electrons. The van der Waals surface area contributed by atoms with E-state index in [0.717, 1.165) is 16.8 Å². The minimum Gasteiger partial charge on any atom is -0.486 e. The molecule has 0 bridgehead atoms. The van der Waals surface area contributed by atoms with Crippen LogP contribution in [0.15, 0.2) is 59.0 Å². The van der Waals surface area contributed by atoms with Crippen molar-refractivity contribution in [1.29, 1.82) is 0 Å². The maximum absolute atomic E-state index is 12.4. The molecule has 0 aliphatic rings. The Morgan fingerprint density at radius 1 is 1.00 bits per heavy atom. The number of aryl methyl sites for hydroxylation is 2. The van der Waals surface area contributed by atoms with E-state index in [4.69, 9.17) is 9.15 Å². The Balaban J connectivity index is 1.61. The van der Waals surface area contributed by atoms with Crippen LogP contribution in [-0.2, 0) is 6.61 Å². The number of nitrogens with one attached hydrogen (secondary N) is 1. The maximum Gasteiger partial charge on any atom is 0.291 e. The SMILES string of the molecule is CC(=O)c1ccc(OCc2ccc(C(=O)Nc3cc(C)ccc3C)o2)cc1. The summed E-state index contributed by atoms with van der Waals surface area (Å²) in [6, 6.07) is 16.1. The van der Waals surface area contributed by atoms with Gasteiger partial charge in [-0.25, -0.2) is 0 Å². The Bertz CT molecular complexity index is 970. The molecule has 0 unspecified atom stereocenters. The van der Waals surface area contributed by atoms with Crippen LogP contribution in [0.2, 0.25) is 0 Å². The van der Waals surface area contributed by atoms with E-state index in [0.29, 0.717) is 17.1 Å². The Morgan fingerprint density at radius 2 is 1.74 bits per heavy atom. The van der Waals surface area contributed by atoms with Crippen LogP contribution in [0.4, 0.5) is 5.69 Å². The van der Waals surface area contributed by atoms with Gasteiger partial charge in [-0.3, -0.25) is 9.59 Å². The summed E-state index contributed by atoms with van der Waals surface area (Å²) in [5, 5.41) is 2.87. The second-order valence-electron chi connectivity index (χ2n) is 6.41. The quantitative estimate of drug-likeness (QED) is 0.631. The zero-order valence-electron chi connectivity index (χ0n) is 15.5. The lowest BCUT2D eigenvalue weighted by molar-refractivity contribution is 0.0990. The zero-order valence-corrected chi connectivity index (χ0v) is 15.5. The summed E-state index contributed by atoms with van der Waals surface area (Å²) in [6.45, 7) is 5.62. The van der Waals surface area contributed by atoms with Crippen LogP contribution < -0.4 is 10.1 Å². The van der Waals surface area contributed by atoms with Crippen molar-refractivity contribution in [1.82, 2.24) is 0 Å². The number of benzene rings is 2. The molecule has 1 amide bonds. The molecule has 1 heterocycles. The van der Waals surface area contributed by atoms with Crippen molar-refractivity contribution in [2.75, 3.05) is 5.32 Å². The standard InChI is InChI=1S/C22H21NO4/c1-14-4-5-15(2)20(12-14)23-22(25)21-11-10-19(27-21)13-26-18-8-6-17(7-9-18)16(3)24/h4-12H,13H2,1-3H3,(H,23,25). The van der Waals surface area contributed by atoms with E-state index < -0.39 is 0 Å². The van der Waals surface area contributed by atoms with E-state index in [1.54, 1.807) is 36.4 Å². The van der Waals surface area contributed by atoms with Gasteiger partial charge in [0.05, 0.1) is 0 Å². The molecule has 5 heteroatoms. The molecular formula is C22H21NO4. The Hall–Kier alpha value is -3.34. The Morgan fingerprint density at radius 3 is 2.44 bits per heavy atom. The van der Waals surface area contributed by atoms with Crippen LogP contribution in [0.25, 0.3) is 0 Å². The Labute approximate surface area is 158 Å². The molecule has 2 aromatic carbocycles. The highest BCUT2D eigenvalue weighted by atomic mass is 16.5. The minimum atomic E-state index is -0.305. The molecule has 0 radical (unpaired) electrons. The van der Waals surface area contributed by atoms with Crippen molar-refractivity contribution in [3.05, 3.63) is 82.8 Å². The smallest absolute Gasteiger partial charge is 0.291 e. The van der Waals surface area contributed by atoms with Gasteiger partial charge in [0.25, 0.3) is 5.91 Å². The first-order chi connectivity index (χ1) is 12.9. The van der Waals surface area contributed by atoms with E-state index in [1.165, 1.54) is 6.92 Å². The average molecular weight is 363 g/mol. The van der Waals surface area contributed by atoms with Crippen LogP contribution in [0.3, 0.4) is 0 Å². The van der Waals surface area contributed by atoms with E-state index in [1.807, 2.05) is 32.0 Å². The van der Waals surface area contributed by atoms with Crippen molar-refractivity contribution in [3.63, 3.8) is 0 Å². The molecule has 1 N–H and O–H groups in total. The largest absolute Gasteiger partial charge is 0.486 e. The third-order valence-electron chi connectivity index (χ3n) is 4.17. The van der Waals surface area contributed by atoms with Crippen molar-refractivity contribution < 1.29 is 18.7 Å². The molecule has 3 aromatic rings. The topological polar surface area (TPSA) is 68.5 Å². The van der Waals surface area contributed by atoms with Gasteiger partial charge in [0.2, 0.25) is 0 Å². The predicted molar refractivity (Wildman–Crippen MR) is 103 cm³/mol. The molecule has 0 aliphatic carbocycles. The lowest BCUT2D eigenvalue weighted by Gasteiger charge is -2.08. The van der Waals surface area contributed by atoms with Gasteiger partial charge < -0.3 is 14.5 Å². The van der Waals surface area contributed by atoms with E-state index in [9.17, 15) is 9.59 Å². The summed E-state index contributed by atoms with van der Waals surface area (Å²) in [5.41, 5.74) is 3.45. The highest BCUT2D eigenvalue weighted by Gasteiger charge is 2.13. The molecule has 3 rings (SSSR count). The number of rotatable bonds is 6. The molecule has 0 aliphatic heterocycles. The molecule has 0 saturated heterocycles. The average Bonchev–Trinajstić information content (AvgIpc) is 3.12. The van der Waals surface area contributed by atoms with E-state index in [-0.39, 0.29) is 24.1 Å². The second kappa shape index (κ2) is 7.91. The number of furan rings is 1. The van der Waals surface area contributed by atoms with Crippen molar-refractivity contribution in [2.45, 2.75) is 27.4 Å². The summed E-state index contributed by atoms with van der Waals surface area (Å²) in [6.07, 6.45) is 0. The second-order valence-corrected chi connectivity index (χ2v) is 6.41. The number of hydrogen-bond donors (Lipinski definition) is 1. The number of amides is 1. The monoisotopic (exact) mass is 363 g/mol. The maximum atomic E-state index is 12.4. The Kier molecular flexibility index (Phi) is 5.41. The van der Waals surface area contributed by atoms with Gasteiger partial charge >= 0.3 is 0 Å². The zero-order chi connectivity index (χ0) is 19.4. The molecule has 5 nitrogen and oxygen atoms in total. The first kappa shape index (κ1) is 18.5. The number of anilines is 1. The molecule has 0 saturated carbocycles. The number of ether oxygens (including phenoxy) is 1. The van der Waals surface area contributed by atoms with Crippen LogP contribution in [-0.4, -0.2) is 11.7 Å². The van der Waals surface area contributed by atoms with Crippen LogP contribution >= 0.6 is 0 Å². The first-order valence-electron chi connectivity index (χ1n) is 8.63. The summed E-state index contributed by atoms with van der Waals surface area (Å²) in [5.74, 6) is 1.09. The van der Waals surface area contributed by atoms with Crippen molar-refractivity contribution in [3.8, 4) is 5.75 Å². The van der Waals surface area contributed by atoms with Gasteiger partial charge in [-0.05, 0) is 74.4 Å². The van der Waals surface area contributed by atoms with Crippen molar-refractivity contribution in [2.24, 2.45) is 0 Å². The fraction of sp³-hybridized carbons (Fsp3) is 0.182. The number of Topliss-reactive ketones (excluding diaryl/α,β-unsaturated/α-hetero) is 1. The molecular weight excluding hydrogens is 342 g/mol. The summed E-state index contributed by atoms with van der Waals surface area (Å²) in [7, 11) is 0. The highest BCUT2D eigenvalue weighted by molar-refractivity contribution is 6.02. The lowest BCUT2D eigenvalue weighted by atomic mass is 10.1. The van der Waals surface area contributed by atoms with E-state index in [2.05, 4.69) is 5.32 Å². The van der Waals surface area contributed by atoms with Gasteiger partial charge in [0, 0.05) is 11.3 Å². The number of ketones is 1. The van der Waals surface area contributed by atoms with Crippen molar-refractivity contribution >= 4 is 17.4 Å². The molecule has 0 spiro atoms. The predicted octanol–water partition coefficient (Wildman–Crippen LogP) is 4.93. The van der Waals surface area contributed by atoms with Crippen LogP contribution in [0.1, 0.15) is 44.7 Å². The molecule has 0 atom stereocenters. The normalized spacial score (nSPS) is 10.5. The molecule has 0 fully saturated rings. The van der Waals surface area contributed by atoms with Gasteiger partial charge in [-0.15, -0.1) is 0 Å². The summed E-state index contributed by atoms with van der Waals surface area (Å²) in [4.78, 5) is 23.7. The molecule has 1 aromatic heterocycles. The summed E-state index contributed by atoms with van der Waals surface area (Å²) >= 11 is 0. The number of carbonyl (C=O) groups excluding carboxylic acids is 2. The fourth-order valence-electron chi connectivity index (χ4n) is 2.57. The lowest BCUT2D eigenvalue weighted by Crippen LogP contribution is -2.12. The highest BCUT2D eigenvalue weighted by Crippen LogP contribution is 2.19. The van der Waals surface area contributed by atoms with Gasteiger partial charge in [0.15, 0.2) is 11.5 Å². The van der Waals surface area contributed by atoms with Gasteiger partial charge in [-0.2, -0.15) is 0 Å². The van der Waals surface area contributed by atoms with Crippen LogP contribution in [0, 0.1) is 13.8 Å². The third kappa shape index (κ3) is 4.64. The number of hydrogen-bond acceptors (Lipinski definition) is 4. The van der Waals surface area contributed by atoms with Gasteiger partial charge in [0.1, 0.15) is 18.1 Å². The summed E-state index contributed by atoms with van der Waals surface area (Å²) < 4.78 is 11.2. The molecule has 27 heavy (non-hydrogen) atoms. The van der Waals surface area contributed by atoms with E-state index >= 15 is 0 Å². The number of carbonyl (C=O) groups is 2. The first-order valence-corrected chi connectivity index (χ1v) is 8.63. The third-order valence-corrected chi connectivity index (χ3v) is 4.17. The fourth-order valence-corrected chi connectivity index (χ4v) is 2.57. The minimum absolute atomic E-state index is 0.00656. The van der Waals surface area contributed by atoms with Crippen LogP contribution in [0.5, 0.6) is 5.75 Å².